The van der Waals surface area contributed by atoms with Crippen molar-refractivity contribution in [3.8, 4) is 11.3 Å². The van der Waals surface area contributed by atoms with Crippen LogP contribution in [0.15, 0.2) is 53.1 Å². The second kappa shape index (κ2) is 9.90. The second-order valence-corrected chi connectivity index (χ2v) is 6.84. The number of rotatable bonds is 7. The number of halogens is 1. The largest absolute Gasteiger partial charge is 0.465 e. The van der Waals surface area contributed by atoms with Gasteiger partial charge < -0.3 is 19.2 Å². The normalized spacial score (nSPS) is 10.4. The van der Waals surface area contributed by atoms with Crippen LogP contribution in [0.25, 0.3) is 11.3 Å². The number of nitrogens with zero attached hydrogens (tertiary/aromatic N) is 1. The third-order valence-corrected chi connectivity index (χ3v) is 4.65. The van der Waals surface area contributed by atoms with Crippen LogP contribution >= 0.6 is 11.6 Å². The van der Waals surface area contributed by atoms with Crippen LogP contribution in [-0.4, -0.2) is 37.0 Å². The van der Waals surface area contributed by atoms with Crippen molar-refractivity contribution in [2.75, 3.05) is 19.5 Å². The number of aromatic nitrogens is 1. The number of methoxy groups -OCH3 is 2. The number of amides is 1. The summed E-state index contributed by atoms with van der Waals surface area (Å²) in [5.74, 6) is -0.755. The average molecular weight is 443 g/mol. The van der Waals surface area contributed by atoms with Gasteiger partial charge in [0.25, 0.3) is 0 Å². The van der Waals surface area contributed by atoms with E-state index < -0.39 is 11.9 Å². The van der Waals surface area contributed by atoms with Gasteiger partial charge in [0.05, 0.1) is 36.6 Å². The van der Waals surface area contributed by atoms with Crippen LogP contribution in [0.1, 0.15) is 33.0 Å². The van der Waals surface area contributed by atoms with E-state index in [1.807, 2.05) is 18.2 Å². The highest BCUT2D eigenvalue weighted by Crippen LogP contribution is 2.28. The Morgan fingerprint density at radius 1 is 1.03 bits per heavy atom. The summed E-state index contributed by atoms with van der Waals surface area (Å²) in [6.07, 6.45) is 1.87. The summed E-state index contributed by atoms with van der Waals surface area (Å²) in [6, 6.07) is 11.4. The molecule has 0 spiro atoms. The SMILES string of the molecule is COC(=O)c1cc(NC(=O)CCc2ncc(-c3ccccc3Cl)o2)cc(C(=O)OC)c1. The molecule has 1 aromatic heterocycles. The van der Waals surface area contributed by atoms with Crippen molar-refractivity contribution in [1.82, 2.24) is 4.98 Å². The minimum absolute atomic E-state index is 0.0679. The molecular formula is C22H19ClN2O6. The van der Waals surface area contributed by atoms with Crippen LogP contribution in [0.5, 0.6) is 0 Å². The number of benzene rings is 2. The molecule has 1 amide bonds. The molecule has 0 aliphatic heterocycles. The number of ether oxygens (including phenoxy) is 2. The minimum Gasteiger partial charge on any atom is -0.465 e. The number of hydrogen-bond acceptors (Lipinski definition) is 7. The highest BCUT2D eigenvalue weighted by Gasteiger charge is 2.16. The van der Waals surface area contributed by atoms with Crippen LogP contribution in [0.2, 0.25) is 5.02 Å². The summed E-state index contributed by atoms with van der Waals surface area (Å²) in [7, 11) is 2.44. The van der Waals surface area contributed by atoms with Crippen molar-refractivity contribution in [3.63, 3.8) is 0 Å². The molecule has 0 unspecified atom stereocenters. The lowest BCUT2D eigenvalue weighted by atomic mass is 10.1. The fraction of sp³-hybridized carbons (Fsp3) is 0.182. The first-order chi connectivity index (χ1) is 14.9. The molecule has 0 aliphatic carbocycles. The first-order valence-corrected chi connectivity index (χ1v) is 9.60. The van der Waals surface area contributed by atoms with Crippen molar-refractivity contribution >= 4 is 35.1 Å². The number of aryl methyl sites for hydroxylation is 1. The molecule has 0 fully saturated rings. The molecule has 3 aromatic rings. The van der Waals surface area contributed by atoms with E-state index in [-0.39, 0.29) is 35.6 Å². The second-order valence-electron chi connectivity index (χ2n) is 6.43. The molecule has 31 heavy (non-hydrogen) atoms. The van der Waals surface area contributed by atoms with Gasteiger partial charge in [-0.15, -0.1) is 0 Å². The van der Waals surface area contributed by atoms with Gasteiger partial charge in [0.1, 0.15) is 0 Å². The first kappa shape index (κ1) is 22.0. The zero-order valence-corrected chi connectivity index (χ0v) is 17.6. The predicted octanol–water partition coefficient (Wildman–Crippen LogP) is 4.14. The Morgan fingerprint density at radius 3 is 2.29 bits per heavy atom. The molecule has 1 N–H and O–H groups in total. The zero-order chi connectivity index (χ0) is 22.4. The molecule has 160 valence electrons. The summed E-state index contributed by atoms with van der Waals surface area (Å²) < 4.78 is 15.1. The molecule has 3 rings (SSSR count). The van der Waals surface area contributed by atoms with Crippen LogP contribution in [0.4, 0.5) is 5.69 Å². The quantitative estimate of drug-likeness (QED) is 0.548. The maximum Gasteiger partial charge on any atom is 0.337 e. The Balaban J connectivity index is 1.68. The van der Waals surface area contributed by atoms with Crippen molar-refractivity contribution in [2.24, 2.45) is 0 Å². The molecule has 1 heterocycles. The van der Waals surface area contributed by atoms with Gasteiger partial charge in [-0.1, -0.05) is 23.7 Å². The summed E-state index contributed by atoms with van der Waals surface area (Å²) in [6.45, 7) is 0. The van der Waals surface area contributed by atoms with Gasteiger partial charge in [-0.3, -0.25) is 4.79 Å². The molecule has 9 heteroatoms. The van der Waals surface area contributed by atoms with Crippen LogP contribution in [-0.2, 0) is 20.7 Å². The fourth-order valence-electron chi connectivity index (χ4n) is 2.83. The highest BCUT2D eigenvalue weighted by molar-refractivity contribution is 6.33. The number of anilines is 1. The van der Waals surface area contributed by atoms with Gasteiger partial charge in [0.15, 0.2) is 11.7 Å². The lowest BCUT2D eigenvalue weighted by molar-refractivity contribution is -0.116. The lowest BCUT2D eigenvalue weighted by Gasteiger charge is -2.09. The maximum absolute atomic E-state index is 12.4. The summed E-state index contributed by atoms with van der Waals surface area (Å²) in [5.41, 5.74) is 1.19. The standard InChI is InChI=1S/C22H19ClN2O6/c1-29-21(27)13-9-14(22(28)30-2)11-15(10-13)25-19(26)7-8-20-24-12-18(31-20)16-5-3-4-6-17(16)23/h3-6,9-12H,7-8H2,1-2H3,(H,25,26). The molecule has 0 atom stereocenters. The van der Waals surface area contributed by atoms with E-state index in [2.05, 4.69) is 19.8 Å². The Labute approximate surface area is 183 Å². The van der Waals surface area contributed by atoms with E-state index in [0.717, 1.165) is 0 Å². The first-order valence-electron chi connectivity index (χ1n) is 9.22. The van der Waals surface area contributed by atoms with Crippen molar-refractivity contribution in [2.45, 2.75) is 12.8 Å². The summed E-state index contributed by atoms with van der Waals surface area (Å²) in [4.78, 5) is 40.3. The topological polar surface area (TPSA) is 108 Å². The number of nitrogens with one attached hydrogen (secondary N) is 1. The number of carbonyl (C=O) groups is 3. The molecule has 0 radical (unpaired) electrons. The zero-order valence-electron chi connectivity index (χ0n) is 16.8. The summed E-state index contributed by atoms with van der Waals surface area (Å²) >= 11 is 6.16. The highest BCUT2D eigenvalue weighted by atomic mass is 35.5. The smallest absolute Gasteiger partial charge is 0.337 e. The number of hydrogen-bond donors (Lipinski definition) is 1. The van der Waals surface area contributed by atoms with Crippen molar-refractivity contribution in [1.29, 1.82) is 0 Å². The Bertz CT molecular complexity index is 1090. The van der Waals surface area contributed by atoms with E-state index in [9.17, 15) is 14.4 Å². The molecule has 0 bridgehead atoms. The van der Waals surface area contributed by atoms with Gasteiger partial charge in [-0.05, 0) is 30.3 Å². The van der Waals surface area contributed by atoms with Gasteiger partial charge in [0.2, 0.25) is 5.91 Å². The third kappa shape index (κ3) is 5.49. The number of oxazole rings is 1. The minimum atomic E-state index is -0.645. The van der Waals surface area contributed by atoms with E-state index in [1.165, 1.54) is 32.4 Å². The third-order valence-electron chi connectivity index (χ3n) is 4.32. The van der Waals surface area contributed by atoms with E-state index in [0.29, 0.717) is 22.2 Å². The van der Waals surface area contributed by atoms with Gasteiger partial charge in [-0.2, -0.15) is 0 Å². The summed E-state index contributed by atoms with van der Waals surface area (Å²) in [5, 5.41) is 3.19. The number of carbonyl (C=O) groups excluding carboxylic acids is 3. The molecule has 0 saturated carbocycles. The van der Waals surface area contributed by atoms with Crippen LogP contribution < -0.4 is 5.32 Å². The molecule has 0 saturated heterocycles. The lowest BCUT2D eigenvalue weighted by Crippen LogP contribution is -2.14. The molecular weight excluding hydrogens is 424 g/mol. The van der Waals surface area contributed by atoms with Gasteiger partial charge in [-0.25, -0.2) is 14.6 Å². The molecule has 0 aliphatic rings. The Hall–Kier alpha value is -3.65. The predicted molar refractivity (Wildman–Crippen MR) is 113 cm³/mol. The van der Waals surface area contributed by atoms with Crippen LogP contribution in [0.3, 0.4) is 0 Å². The van der Waals surface area contributed by atoms with Crippen molar-refractivity contribution in [3.05, 3.63) is 70.7 Å². The maximum atomic E-state index is 12.4. The number of esters is 2. The average Bonchev–Trinajstić information content (AvgIpc) is 3.25. The van der Waals surface area contributed by atoms with E-state index >= 15 is 0 Å². The van der Waals surface area contributed by atoms with Gasteiger partial charge >= 0.3 is 11.9 Å². The Kier molecular flexibility index (Phi) is 7.04. The van der Waals surface area contributed by atoms with E-state index in [1.54, 1.807) is 12.3 Å². The monoisotopic (exact) mass is 442 g/mol. The van der Waals surface area contributed by atoms with Crippen molar-refractivity contribution < 1.29 is 28.3 Å². The molecule has 2 aromatic carbocycles. The van der Waals surface area contributed by atoms with Gasteiger partial charge in [0, 0.05) is 24.1 Å². The Morgan fingerprint density at radius 2 is 1.68 bits per heavy atom. The molecule has 8 nitrogen and oxygen atoms in total. The fourth-order valence-corrected chi connectivity index (χ4v) is 3.06. The van der Waals surface area contributed by atoms with E-state index in [4.69, 9.17) is 16.0 Å². The van der Waals surface area contributed by atoms with Crippen LogP contribution in [0, 0.1) is 0 Å².